The van der Waals surface area contributed by atoms with Crippen molar-refractivity contribution < 1.29 is 9.53 Å². The monoisotopic (exact) mass is 233 g/mol. The number of benzene rings is 1. The van der Waals surface area contributed by atoms with E-state index in [0.29, 0.717) is 26.0 Å². The van der Waals surface area contributed by atoms with Gasteiger partial charge in [-0.3, -0.25) is 4.79 Å². The highest BCUT2D eigenvalue weighted by atomic mass is 16.5. The van der Waals surface area contributed by atoms with E-state index in [-0.39, 0.29) is 11.9 Å². The predicted molar refractivity (Wildman–Crippen MR) is 66.8 cm³/mol. The van der Waals surface area contributed by atoms with Crippen LogP contribution in [0.3, 0.4) is 0 Å². The maximum Gasteiger partial charge on any atom is 0.135 e. The molecule has 1 aliphatic heterocycles. The molecule has 1 unspecified atom stereocenters. The molecule has 0 saturated heterocycles. The Kier molecular flexibility index (Phi) is 4.29. The largest absolute Gasteiger partial charge is 0.373 e. The molecular formula is C14H19NO2. The number of nitrogens with two attached hydrogens (primary N) is 1. The SMILES string of the molecule is NCCCC(=O)CC1OCCc2ccccc21. The molecule has 1 aromatic carbocycles. The van der Waals surface area contributed by atoms with Gasteiger partial charge in [0.2, 0.25) is 0 Å². The molecule has 3 nitrogen and oxygen atoms in total. The average Bonchev–Trinajstić information content (AvgIpc) is 2.37. The van der Waals surface area contributed by atoms with E-state index >= 15 is 0 Å². The van der Waals surface area contributed by atoms with Crippen molar-refractivity contribution in [1.82, 2.24) is 0 Å². The van der Waals surface area contributed by atoms with Crippen molar-refractivity contribution in [3.8, 4) is 0 Å². The van der Waals surface area contributed by atoms with Crippen molar-refractivity contribution in [3.05, 3.63) is 35.4 Å². The molecule has 1 heterocycles. The van der Waals surface area contributed by atoms with Crippen molar-refractivity contribution in [2.24, 2.45) is 5.73 Å². The zero-order chi connectivity index (χ0) is 12.1. The van der Waals surface area contributed by atoms with E-state index in [1.165, 1.54) is 11.1 Å². The quantitative estimate of drug-likeness (QED) is 0.846. The highest BCUT2D eigenvalue weighted by Crippen LogP contribution is 2.29. The van der Waals surface area contributed by atoms with Crippen LogP contribution in [0, 0.1) is 0 Å². The summed E-state index contributed by atoms with van der Waals surface area (Å²) < 4.78 is 5.70. The molecule has 3 heteroatoms. The summed E-state index contributed by atoms with van der Waals surface area (Å²) in [4.78, 5) is 11.7. The summed E-state index contributed by atoms with van der Waals surface area (Å²) in [6, 6.07) is 8.23. The highest BCUT2D eigenvalue weighted by molar-refractivity contribution is 5.79. The van der Waals surface area contributed by atoms with Crippen LogP contribution in [0.1, 0.15) is 36.5 Å². The third-order valence-electron chi connectivity index (χ3n) is 3.17. The normalized spacial score (nSPS) is 18.8. The molecule has 0 spiro atoms. The molecular weight excluding hydrogens is 214 g/mol. The zero-order valence-electron chi connectivity index (χ0n) is 10.0. The highest BCUT2D eigenvalue weighted by Gasteiger charge is 2.22. The summed E-state index contributed by atoms with van der Waals surface area (Å²) in [6.45, 7) is 1.29. The number of hydrogen-bond acceptors (Lipinski definition) is 3. The fourth-order valence-corrected chi connectivity index (χ4v) is 2.25. The Labute approximate surface area is 102 Å². The number of ketones is 1. The van der Waals surface area contributed by atoms with Gasteiger partial charge >= 0.3 is 0 Å². The second-order valence-corrected chi connectivity index (χ2v) is 4.44. The fourth-order valence-electron chi connectivity index (χ4n) is 2.25. The Morgan fingerprint density at radius 2 is 2.24 bits per heavy atom. The Bertz CT molecular complexity index is 390. The maximum absolute atomic E-state index is 11.7. The first kappa shape index (κ1) is 12.3. The van der Waals surface area contributed by atoms with Crippen LogP contribution in [0.25, 0.3) is 0 Å². The predicted octanol–water partition coefficient (Wildman–Crippen LogP) is 2.00. The van der Waals surface area contributed by atoms with Gasteiger partial charge in [0.15, 0.2) is 0 Å². The van der Waals surface area contributed by atoms with Crippen molar-refractivity contribution >= 4 is 5.78 Å². The van der Waals surface area contributed by atoms with E-state index in [1.54, 1.807) is 0 Å². The average molecular weight is 233 g/mol. The minimum Gasteiger partial charge on any atom is -0.373 e. The topological polar surface area (TPSA) is 52.3 Å². The Balaban J connectivity index is 2.01. The minimum atomic E-state index is -0.0507. The lowest BCUT2D eigenvalue weighted by Crippen LogP contribution is -2.19. The fraction of sp³-hybridized carbons (Fsp3) is 0.500. The van der Waals surface area contributed by atoms with E-state index in [2.05, 4.69) is 12.1 Å². The van der Waals surface area contributed by atoms with Crippen LogP contribution in [-0.4, -0.2) is 18.9 Å². The van der Waals surface area contributed by atoms with E-state index in [4.69, 9.17) is 10.5 Å². The molecule has 1 aromatic rings. The first-order valence-electron chi connectivity index (χ1n) is 6.22. The summed E-state index contributed by atoms with van der Waals surface area (Å²) in [5.41, 5.74) is 7.90. The Morgan fingerprint density at radius 1 is 1.41 bits per heavy atom. The molecule has 2 N–H and O–H groups in total. The van der Waals surface area contributed by atoms with Gasteiger partial charge in [-0.1, -0.05) is 24.3 Å². The van der Waals surface area contributed by atoms with E-state index in [0.717, 1.165) is 12.8 Å². The van der Waals surface area contributed by atoms with Crippen molar-refractivity contribution in [2.75, 3.05) is 13.2 Å². The van der Waals surface area contributed by atoms with Gasteiger partial charge in [-0.15, -0.1) is 0 Å². The van der Waals surface area contributed by atoms with Gasteiger partial charge < -0.3 is 10.5 Å². The smallest absolute Gasteiger partial charge is 0.135 e. The summed E-state index contributed by atoms with van der Waals surface area (Å²) in [5, 5.41) is 0. The number of fused-ring (bicyclic) bond motifs is 1. The van der Waals surface area contributed by atoms with Gasteiger partial charge in [0.05, 0.1) is 12.7 Å². The zero-order valence-corrected chi connectivity index (χ0v) is 10.0. The van der Waals surface area contributed by atoms with Crippen LogP contribution in [0.5, 0.6) is 0 Å². The van der Waals surface area contributed by atoms with Gasteiger partial charge in [0.25, 0.3) is 0 Å². The van der Waals surface area contributed by atoms with Crippen LogP contribution < -0.4 is 5.73 Å². The van der Waals surface area contributed by atoms with Crippen molar-refractivity contribution in [1.29, 1.82) is 0 Å². The molecule has 0 bridgehead atoms. The molecule has 0 radical (unpaired) electrons. The lowest BCUT2D eigenvalue weighted by atomic mass is 9.94. The number of Topliss-reactive ketones (excluding diaryl/α,β-unsaturated/α-hetero) is 1. The van der Waals surface area contributed by atoms with Crippen LogP contribution in [0.2, 0.25) is 0 Å². The van der Waals surface area contributed by atoms with Crippen molar-refractivity contribution in [2.45, 2.75) is 31.8 Å². The molecule has 2 rings (SSSR count). The molecule has 1 aliphatic rings. The minimum absolute atomic E-state index is 0.0507. The summed E-state index contributed by atoms with van der Waals surface area (Å²) >= 11 is 0. The van der Waals surface area contributed by atoms with Crippen LogP contribution in [0.4, 0.5) is 0 Å². The third kappa shape index (κ3) is 3.14. The molecule has 0 fully saturated rings. The van der Waals surface area contributed by atoms with Crippen molar-refractivity contribution in [3.63, 3.8) is 0 Å². The summed E-state index contributed by atoms with van der Waals surface area (Å²) in [6.07, 6.45) is 2.72. The lowest BCUT2D eigenvalue weighted by Gasteiger charge is -2.25. The molecule has 0 aliphatic carbocycles. The Hall–Kier alpha value is -1.19. The number of rotatable bonds is 5. The third-order valence-corrected chi connectivity index (χ3v) is 3.17. The first-order valence-corrected chi connectivity index (χ1v) is 6.22. The molecule has 92 valence electrons. The molecule has 0 amide bonds. The molecule has 17 heavy (non-hydrogen) atoms. The molecule has 1 atom stereocenters. The number of carbonyl (C=O) groups is 1. The van der Waals surface area contributed by atoms with E-state index in [1.807, 2.05) is 12.1 Å². The van der Waals surface area contributed by atoms with Crippen LogP contribution >= 0.6 is 0 Å². The summed E-state index contributed by atoms with van der Waals surface area (Å²) in [7, 11) is 0. The number of ether oxygens (including phenoxy) is 1. The number of hydrogen-bond donors (Lipinski definition) is 1. The van der Waals surface area contributed by atoms with Gasteiger partial charge in [-0.2, -0.15) is 0 Å². The van der Waals surface area contributed by atoms with E-state index < -0.39 is 0 Å². The van der Waals surface area contributed by atoms with Gasteiger partial charge in [0.1, 0.15) is 5.78 Å². The van der Waals surface area contributed by atoms with Crippen LogP contribution in [-0.2, 0) is 16.0 Å². The molecule has 0 aromatic heterocycles. The second-order valence-electron chi connectivity index (χ2n) is 4.44. The van der Waals surface area contributed by atoms with Crippen LogP contribution in [0.15, 0.2) is 24.3 Å². The van der Waals surface area contributed by atoms with Gasteiger partial charge in [-0.25, -0.2) is 0 Å². The standard InChI is InChI=1S/C14H19NO2/c15-8-3-5-12(16)10-14-13-6-2-1-4-11(13)7-9-17-14/h1-2,4,6,14H,3,5,7-10,15H2. The second kappa shape index (κ2) is 5.94. The van der Waals surface area contributed by atoms with E-state index in [9.17, 15) is 4.79 Å². The maximum atomic E-state index is 11.7. The first-order chi connectivity index (χ1) is 8.31. The summed E-state index contributed by atoms with van der Waals surface area (Å²) in [5.74, 6) is 0.247. The Morgan fingerprint density at radius 3 is 3.06 bits per heavy atom. The number of carbonyl (C=O) groups excluding carboxylic acids is 1. The van der Waals surface area contributed by atoms with Gasteiger partial charge in [0, 0.05) is 12.8 Å². The molecule has 0 saturated carbocycles. The lowest BCUT2D eigenvalue weighted by molar-refractivity contribution is -0.122. The van der Waals surface area contributed by atoms with Gasteiger partial charge in [-0.05, 0) is 30.5 Å².